The molecule has 124 valence electrons. The van der Waals surface area contributed by atoms with Gasteiger partial charge in [0, 0.05) is 19.6 Å². The summed E-state index contributed by atoms with van der Waals surface area (Å²) in [6.45, 7) is 8.33. The number of furan rings is 1. The third-order valence-corrected chi connectivity index (χ3v) is 6.91. The molecule has 0 N–H and O–H groups in total. The van der Waals surface area contributed by atoms with Crippen LogP contribution in [-0.2, 0) is 10.0 Å². The Kier molecular flexibility index (Phi) is 4.61. The summed E-state index contributed by atoms with van der Waals surface area (Å²) in [5.74, 6) is 1.79. The summed E-state index contributed by atoms with van der Waals surface area (Å²) in [6, 6.07) is 1.64. The first kappa shape index (κ1) is 16.0. The first-order chi connectivity index (χ1) is 10.5. The van der Waals surface area contributed by atoms with Gasteiger partial charge in [-0.3, -0.25) is 0 Å². The van der Waals surface area contributed by atoms with Gasteiger partial charge in [-0.05, 0) is 64.6 Å². The molecular formula is C16H26N2O3S. The van der Waals surface area contributed by atoms with E-state index in [0.717, 1.165) is 19.4 Å². The molecule has 3 rings (SSSR count). The second-order valence-corrected chi connectivity index (χ2v) is 8.54. The molecule has 0 unspecified atom stereocenters. The van der Waals surface area contributed by atoms with Crippen LogP contribution in [0.1, 0.15) is 37.2 Å². The van der Waals surface area contributed by atoms with Crippen molar-refractivity contribution >= 4 is 10.0 Å². The number of hydrogen-bond acceptors (Lipinski definition) is 4. The molecule has 1 aromatic rings. The topological polar surface area (TPSA) is 53.8 Å². The van der Waals surface area contributed by atoms with E-state index in [2.05, 4.69) is 4.90 Å². The van der Waals surface area contributed by atoms with Gasteiger partial charge in [-0.2, -0.15) is 4.31 Å². The van der Waals surface area contributed by atoms with E-state index in [1.165, 1.54) is 25.9 Å². The fraction of sp³-hybridized carbons (Fsp3) is 0.750. The Bertz CT molecular complexity index is 609. The molecule has 2 fully saturated rings. The van der Waals surface area contributed by atoms with Crippen LogP contribution in [0, 0.1) is 19.8 Å². The predicted molar refractivity (Wildman–Crippen MR) is 85.3 cm³/mol. The molecule has 5 nitrogen and oxygen atoms in total. The van der Waals surface area contributed by atoms with Crippen molar-refractivity contribution in [2.75, 3.05) is 32.7 Å². The van der Waals surface area contributed by atoms with Crippen molar-refractivity contribution in [1.29, 1.82) is 0 Å². The fourth-order valence-corrected chi connectivity index (χ4v) is 5.35. The first-order valence-corrected chi connectivity index (χ1v) is 9.70. The zero-order valence-corrected chi connectivity index (χ0v) is 14.4. The highest BCUT2D eigenvalue weighted by atomic mass is 32.2. The normalized spacial score (nSPS) is 22.5. The van der Waals surface area contributed by atoms with Crippen LogP contribution in [0.4, 0.5) is 0 Å². The van der Waals surface area contributed by atoms with E-state index in [4.69, 9.17) is 4.42 Å². The van der Waals surface area contributed by atoms with Crippen molar-refractivity contribution in [3.05, 3.63) is 17.6 Å². The summed E-state index contributed by atoms with van der Waals surface area (Å²) >= 11 is 0. The zero-order valence-electron chi connectivity index (χ0n) is 13.5. The van der Waals surface area contributed by atoms with Crippen molar-refractivity contribution in [3.63, 3.8) is 0 Å². The van der Waals surface area contributed by atoms with Gasteiger partial charge in [-0.15, -0.1) is 0 Å². The van der Waals surface area contributed by atoms with E-state index in [1.54, 1.807) is 24.2 Å². The van der Waals surface area contributed by atoms with Gasteiger partial charge in [0.25, 0.3) is 0 Å². The van der Waals surface area contributed by atoms with E-state index in [1.807, 2.05) is 0 Å². The van der Waals surface area contributed by atoms with Crippen molar-refractivity contribution in [2.45, 2.75) is 44.4 Å². The van der Waals surface area contributed by atoms with Gasteiger partial charge in [0.15, 0.2) is 0 Å². The van der Waals surface area contributed by atoms with Gasteiger partial charge in [0.05, 0.1) is 0 Å². The molecular weight excluding hydrogens is 300 g/mol. The van der Waals surface area contributed by atoms with Crippen LogP contribution in [-0.4, -0.2) is 50.3 Å². The predicted octanol–water partition coefficient (Wildman–Crippen LogP) is 2.39. The molecule has 0 aromatic carbocycles. The van der Waals surface area contributed by atoms with E-state index in [0.29, 0.717) is 35.4 Å². The highest BCUT2D eigenvalue weighted by molar-refractivity contribution is 7.89. The second kappa shape index (κ2) is 6.34. The minimum absolute atomic E-state index is 0.336. The van der Waals surface area contributed by atoms with E-state index < -0.39 is 10.0 Å². The van der Waals surface area contributed by atoms with Gasteiger partial charge in [0.1, 0.15) is 16.4 Å². The lowest BCUT2D eigenvalue weighted by Gasteiger charge is -2.33. The summed E-state index contributed by atoms with van der Waals surface area (Å²) in [5, 5.41) is 0. The van der Waals surface area contributed by atoms with Crippen LogP contribution < -0.4 is 0 Å². The Hall–Kier alpha value is -0.850. The molecule has 1 aromatic heterocycles. The smallest absolute Gasteiger partial charge is 0.246 e. The monoisotopic (exact) mass is 326 g/mol. The maximum absolute atomic E-state index is 12.7. The van der Waals surface area contributed by atoms with E-state index in [-0.39, 0.29) is 0 Å². The average Bonchev–Trinajstić information content (AvgIpc) is 3.09. The van der Waals surface area contributed by atoms with Crippen molar-refractivity contribution < 1.29 is 12.8 Å². The van der Waals surface area contributed by atoms with Crippen molar-refractivity contribution in [1.82, 2.24) is 9.21 Å². The van der Waals surface area contributed by atoms with Crippen LogP contribution in [0.25, 0.3) is 0 Å². The van der Waals surface area contributed by atoms with Crippen LogP contribution in [0.15, 0.2) is 15.4 Å². The summed E-state index contributed by atoms with van der Waals surface area (Å²) in [7, 11) is -3.40. The van der Waals surface area contributed by atoms with Crippen LogP contribution in [0.2, 0.25) is 0 Å². The molecule has 3 heterocycles. The van der Waals surface area contributed by atoms with Gasteiger partial charge in [-0.1, -0.05) is 0 Å². The number of nitrogens with zero attached hydrogens (tertiary/aromatic N) is 2. The molecule has 2 saturated heterocycles. The first-order valence-electron chi connectivity index (χ1n) is 8.26. The van der Waals surface area contributed by atoms with Gasteiger partial charge >= 0.3 is 0 Å². The van der Waals surface area contributed by atoms with Gasteiger partial charge < -0.3 is 9.32 Å². The summed E-state index contributed by atoms with van der Waals surface area (Å²) in [5.41, 5.74) is 0. The Balaban J connectivity index is 1.61. The average molecular weight is 326 g/mol. The number of hydrogen-bond donors (Lipinski definition) is 0. The Morgan fingerprint density at radius 1 is 1.14 bits per heavy atom. The minimum atomic E-state index is -3.40. The van der Waals surface area contributed by atoms with Crippen LogP contribution >= 0.6 is 0 Å². The standard InChI is InChI=1S/C16H26N2O3S/c1-13-11-16(14(2)21-13)22(19,20)18-9-5-15(6-10-18)12-17-7-3-4-8-17/h11,15H,3-10,12H2,1-2H3. The number of rotatable bonds is 4. The molecule has 0 amide bonds. The maximum atomic E-state index is 12.7. The number of piperidine rings is 1. The molecule has 2 aliphatic heterocycles. The van der Waals surface area contributed by atoms with E-state index in [9.17, 15) is 8.42 Å². The molecule has 0 bridgehead atoms. The molecule has 0 saturated carbocycles. The third-order valence-electron chi connectivity index (χ3n) is 4.90. The molecule has 22 heavy (non-hydrogen) atoms. The van der Waals surface area contributed by atoms with Gasteiger partial charge in [-0.25, -0.2) is 8.42 Å². The quantitative estimate of drug-likeness (QED) is 0.852. The number of aryl methyl sites for hydroxylation is 2. The molecule has 2 aliphatic rings. The largest absolute Gasteiger partial charge is 0.465 e. The Morgan fingerprint density at radius 2 is 1.77 bits per heavy atom. The highest BCUT2D eigenvalue weighted by Crippen LogP contribution is 2.28. The summed E-state index contributed by atoms with van der Waals surface area (Å²) < 4.78 is 32.5. The second-order valence-electron chi connectivity index (χ2n) is 6.63. The number of sulfonamides is 1. The Morgan fingerprint density at radius 3 is 2.32 bits per heavy atom. The highest BCUT2D eigenvalue weighted by Gasteiger charge is 2.32. The molecule has 6 heteroatoms. The lowest BCUT2D eigenvalue weighted by atomic mass is 9.98. The minimum Gasteiger partial charge on any atom is -0.465 e. The van der Waals surface area contributed by atoms with Crippen LogP contribution in [0.5, 0.6) is 0 Å². The molecule has 0 spiro atoms. The Labute approximate surface area is 133 Å². The fourth-order valence-electron chi connectivity index (χ4n) is 3.67. The SMILES string of the molecule is Cc1cc(S(=O)(=O)N2CCC(CN3CCCC3)CC2)c(C)o1. The molecule has 0 radical (unpaired) electrons. The maximum Gasteiger partial charge on any atom is 0.246 e. The summed E-state index contributed by atoms with van der Waals surface area (Å²) in [4.78, 5) is 2.86. The van der Waals surface area contributed by atoms with Crippen LogP contribution in [0.3, 0.4) is 0 Å². The molecule has 0 aliphatic carbocycles. The number of likely N-dealkylation sites (tertiary alicyclic amines) is 1. The summed E-state index contributed by atoms with van der Waals surface area (Å²) in [6.07, 6.45) is 4.55. The molecule has 0 atom stereocenters. The zero-order chi connectivity index (χ0) is 15.7. The third kappa shape index (κ3) is 3.24. The van der Waals surface area contributed by atoms with Crippen molar-refractivity contribution in [3.8, 4) is 0 Å². The van der Waals surface area contributed by atoms with Crippen molar-refractivity contribution in [2.24, 2.45) is 5.92 Å². The lowest BCUT2D eigenvalue weighted by Crippen LogP contribution is -2.41. The van der Waals surface area contributed by atoms with Gasteiger partial charge in [0.2, 0.25) is 10.0 Å². The lowest BCUT2D eigenvalue weighted by molar-refractivity contribution is 0.205. The van der Waals surface area contributed by atoms with E-state index >= 15 is 0 Å².